The summed E-state index contributed by atoms with van der Waals surface area (Å²) in [6, 6.07) is 0. The zero-order chi connectivity index (χ0) is 12.6. The maximum absolute atomic E-state index is 10.7. The summed E-state index contributed by atoms with van der Waals surface area (Å²) in [7, 11) is -3.12. The van der Waals surface area contributed by atoms with E-state index in [0.717, 1.165) is 6.26 Å². The number of hydrogen-bond donors (Lipinski definition) is 3. The molecule has 0 rings (SSSR count). The minimum absolute atomic E-state index is 0.0987. The minimum atomic E-state index is -3.12. The minimum Gasteiger partial charge on any atom is -0.389 e. The van der Waals surface area contributed by atoms with Crippen LogP contribution in [0.25, 0.3) is 0 Å². The lowest BCUT2D eigenvalue weighted by atomic mass is 10.3. The maximum Gasteiger partial charge on any atom is 0.208 e. The number of nitrogens with one attached hydrogen (secondary N) is 2. The van der Waals surface area contributed by atoms with Crippen molar-refractivity contribution in [3.63, 3.8) is 0 Å². The molecule has 98 valence electrons. The third kappa shape index (κ3) is 11.9. The first-order valence-electron chi connectivity index (χ1n) is 5.26. The Kier molecular flexibility index (Phi) is 7.86. The first-order chi connectivity index (χ1) is 7.31. The van der Waals surface area contributed by atoms with Crippen molar-refractivity contribution in [3.05, 3.63) is 0 Å². The van der Waals surface area contributed by atoms with Crippen LogP contribution in [0.1, 0.15) is 13.8 Å². The molecule has 6 nitrogen and oxygen atoms in total. The molecule has 0 heterocycles. The van der Waals surface area contributed by atoms with Gasteiger partial charge in [0.2, 0.25) is 10.0 Å². The van der Waals surface area contributed by atoms with Crippen molar-refractivity contribution in [2.45, 2.75) is 26.1 Å². The molecule has 0 aliphatic carbocycles. The van der Waals surface area contributed by atoms with Crippen molar-refractivity contribution in [2.24, 2.45) is 0 Å². The second-order valence-corrected chi connectivity index (χ2v) is 5.74. The van der Waals surface area contributed by atoms with Gasteiger partial charge in [-0.05, 0) is 13.8 Å². The molecule has 0 aromatic rings. The van der Waals surface area contributed by atoms with E-state index in [0.29, 0.717) is 19.6 Å². The molecule has 0 fully saturated rings. The van der Waals surface area contributed by atoms with Gasteiger partial charge in [0.1, 0.15) is 0 Å². The molecular formula is C9H22N2O4S. The van der Waals surface area contributed by atoms with Crippen LogP contribution in [-0.2, 0) is 14.8 Å². The second-order valence-electron chi connectivity index (χ2n) is 3.91. The number of rotatable bonds is 9. The van der Waals surface area contributed by atoms with Crippen LogP contribution in [-0.4, -0.2) is 58.2 Å². The van der Waals surface area contributed by atoms with Gasteiger partial charge in [0, 0.05) is 19.6 Å². The maximum atomic E-state index is 10.7. The van der Waals surface area contributed by atoms with E-state index >= 15 is 0 Å². The van der Waals surface area contributed by atoms with Crippen LogP contribution in [0, 0.1) is 0 Å². The normalized spacial score (nSPS) is 14.3. The summed E-state index contributed by atoms with van der Waals surface area (Å²) in [5, 5.41) is 12.4. The Labute approximate surface area is 97.4 Å². The number of hydrogen-bond acceptors (Lipinski definition) is 5. The molecule has 0 aromatic carbocycles. The SMILES string of the molecule is CC(C)OCC(O)CNCCNS(C)(=O)=O. The van der Waals surface area contributed by atoms with Crippen molar-refractivity contribution in [3.8, 4) is 0 Å². The molecular weight excluding hydrogens is 232 g/mol. The predicted molar refractivity (Wildman–Crippen MR) is 62.8 cm³/mol. The molecule has 1 atom stereocenters. The highest BCUT2D eigenvalue weighted by Gasteiger charge is 2.05. The van der Waals surface area contributed by atoms with Gasteiger partial charge < -0.3 is 15.2 Å². The van der Waals surface area contributed by atoms with E-state index in [2.05, 4.69) is 10.0 Å². The molecule has 7 heteroatoms. The van der Waals surface area contributed by atoms with Crippen molar-refractivity contribution >= 4 is 10.0 Å². The zero-order valence-corrected chi connectivity index (χ0v) is 10.9. The van der Waals surface area contributed by atoms with E-state index in [9.17, 15) is 13.5 Å². The summed E-state index contributed by atoms with van der Waals surface area (Å²) in [6.45, 7) is 5.26. The lowest BCUT2D eigenvalue weighted by molar-refractivity contribution is 0.00655. The lowest BCUT2D eigenvalue weighted by Crippen LogP contribution is -2.36. The number of sulfonamides is 1. The van der Waals surface area contributed by atoms with Crippen LogP contribution in [0.5, 0.6) is 0 Å². The summed E-state index contributed by atoms with van der Waals surface area (Å²) < 4.78 is 29.0. The second kappa shape index (κ2) is 7.97. The summed E-state index contributed by atoms with van der Waals surface area (Å²) >= 11 is 0. The van der Waals surface area contributed by atoms with Crippen molar-refractivity contribution in [1.82, 2.24) is 10.0 Å². The fourth-order valence-electron chi connectivity index (χ4n) is 0.956. The van der Waals surface area contributed by atoms with Gasteiger partial charge in [0.15, 0.2) is 0 Å². The molecule has 0 aliphatic rings. The van der Waals surface area contributed by atoms with Gasteiger partial charge in [0.05, 0.1) is 25.1 Å². The summed E-state index contributed by atoms with van der Waals surface area (Å²) in [6.07, 6.45) is 0.639. The molecule has 0 saturated heterocycles. The van der Waals surface area contributed by atoms with Crippen LogP contribution in [0.15, 0.2) is 0 Å². The number of aliphatic hydroxyl groups excluding tert-OH is 1. The van der Waals surface area contributed by atoms with Crippen LogP contribution in [0.2, 0.25) is 0 Å². The van der Waals surface area contributed by atoms with E-state index < -0.39 is 16.1 Å². The van der Waals surface area contributed by atoms with Crippen LogP contribution in [0.3, 0.4) is 0 Å². The Morgan fingerprint density at radius 2 is 1.94 bits per heavy atom. The summed E-state index contributed by atoms with van der Waals surface area (Å²) in [5.74, 6) is 0. The molecule has 0 amide bonds. The Hall–Kier alpha value is -0.210. The third-order valence-electron chi connectivity index (χ3n) is 1.67. The highest BCUT2D eigenvalue weighted by molar-refractivity contribution is 7.88. The zero-order valence-electron chi connectivity index (χ0n) is 10.1. The fourth-order valence-corrected chi connectivity index (χ4v) is 1.43. The van der Waals surface area contributed by atoms with Gasteiger partial charge >= 0.3 is 0 Å². The van der Waals surface area contributed by atoms with E-state index in [4.69, 9.17) is 4.74 Å². The van der Waals surface area contributed by atoms with Crippen LogP contribution >= 0.6 is 0 Å². The third-order valence-corrected chi connectivity index (χ3v) is 2.40. The van der Waals surface area contributed by atoms with E-state index in [1.807, 2.05) is 13.8 Å². The number of ether oxygens (including phenoxy) is 1. The lowest BCUT2D eigenvalue weighted by Gasteiger charge is -2.14. The molecule has 0 spiro atoms. The number of aliphatic hydroxyl groups is 1. The Morgan fingerprint density at radius 3 is 2.44 bits per heavy atom. The molecule has 0 radical (unpaired) electrons. The van der Waals surface area contributed by atoms with Gasteiger partial charge in [-0.1, -0.05) is 0 Å². The molecule has 0 aromatic heterocycles. The van der Waals surface area contributed by atoms with Gasteiger partial charge in [-0.15, -0.1) is 0 Å². The van der Waals surface area contributed by atoms with Crippen molar-refractivity contribution in [1.29, 1.82) is 0 Å². The molecule has 0 saturated carbocycles. The average molecular weight is 254 g/mol. The highest BCUT2D eigenvalue weighted by atomic mass is 32.2. The standard InChI is InChI=1S/C9H22N2O4S/c1-8(2)15-7-9(12)6-10-4-5-11-16(3,13)14/h8-12H,4-7H2,1-3H3. The summed E-state index contributed by atoms with van der Waals surface area (Å²) in [5.41, 5.74) is 0. The smallest absolute Gasteiger partial charge is 0.208 e. The van der Waals surface area contributed by atoms with E-state index in [1.54, 1.807) is 0 Å². The Bertz CT molecular complexity index is 267. The molecule has 1 unspecified atom stereocenters. The monoisotopic (exact) mass is 254 g/mol. The van der Waals surface area contributed by atoms with E-state index in [-0.39, 0.29) is 12.7 Å². The van der Waals surface area contributed by atoms with Crippen LogP contribution in [0.4, 0.5) is 0 Å². The van der Waals surface area contributed by atoms with E-state index in [1.165, 1.54) is 0 Å². The predicted octanol–water partition coefficient (Wildman–Crippen LogP) is -1.09. The van der Waals surface area contributed by atoms with Crippen LogP contribution < -0.4 is 10.0 Å². The van der Waals surface area contributed by atoms with Crippen molar-refractivity contribution in [2.75, 3.05) is 32.5 Å². The fraction of sp³-hybridized carbons (Fsp3) is 1.00. The quantitative estimate of drug-likeness (QED) is 0.455. The summed E-state index contributed by atoms with van der Waals surface area (Å²) in [4.78, 5) is 0. The van der Waals surface area contributed by atoms with Gasteiger partial charge in [-0.2, -0.15) is 0 Å². The van der Waals surface area contributed by atoms with Gasteiger partial charge in [0.25, 0.3) is 0 Å². The highest BCUT2D eigenvalue weighted by Crippen LogP contribution is 1.90. The topological polar surface area (TPSA) is 87.7 Å². The first kappa shape index (κ1) is 15.8. The molecule has 0 bridgehead atoms. The molecule has 0 aliphatic heterocycles. The van der Waals surface area contributed by atoms with Gasteiger partial charge in [-0.25, -0.2) is 13.1 Å². The first-order valence-corrected chi connectivity index (χ1v) is 7.15. The average Bonchev–Trinajstić information content (AvgIpc) is 2.12. The van der Waals surface area contributed by atoms with Gasteiger partial charge in [-0.3, -0.25) is 0 Å². The molecule has 3 N–H and O–H groups in total. The molecule has 16 heavy (non-hydrogen) atoms. The van der Waals surface area contributed by atoms with Crippen molar-refractivity contribution < 1.29 is 18.3 Å². The Balaban J connectivity index is 3.38. The largest absolute Gasteiger partial charge is 0.389 e. The Morgan fingerprint density at radius 1 is 1.31 bits per heavy atom.